The summed E-state index contributed by atoms with van der Waals surface area (Å²) in [6.45, 7) is 0.827. The molecule has 0 amide bonds. The summed E-state index contributed by atoms with van der Waals surface area (Å²) in [4.78, 5) is 2.38. The summed E-state index contributed by atoms with van der Waals surface area (Å²) >= 11 is 5.86. The van der Waals surface area contributed by atoms with Gasteiger partial charge in [0.25, 0.3) is 0 Å². The number of hydrogen-bond acceptors (Lipinski definition) is 2. The first kappa shape index (κ1) is 18.8. The molecule has 1 heterocycles. The second kappa shape index (κ2) is 8.23. The van der Waals surface area contributed by atoms with Crippen molar-refractivity contribution < 1.29 is 4.74 Å². The molecule has 0 atom stereocenters. The number of ether oxygens (including phenoxy) is 1. The largest absolute Gasteiger partial charge is 0.497 e. The number of aromatic nitrogens is 1. The highest BCUT2D eigenvalue weighted by atomic mass is 32.1. The van der Waals surface area contributed by atoms with Crippen molar-refractivity contribution in [3.8, 4) is 5.75 Å². The van der Waals surface area contributed by atoms with E-state index in [1.54, 1.807) is 7.11 Å². The highest BCUT2D eigenvalue weighted by Gasteiger charge is 2.26. The summed E-state index contributed by atoms with van der Waals surface area (Å²) in [5.74, 6) is 0.847. The number of benzene rings is 2. The predicted octanol–water partition coefficient (Wildman–Crippen LogP) is 5.33. The molecule has 0 radical (unpaired) electrons. The van der Waals surface area contributed by atoms with Crippen molar-refractivity contribution in [2.24, 2.45) is 7.05 Å². The molecule has 3 aromatic rings. The van der Waals surface area contributed by atoms with Gasteiger partial charge in [-0.1, -0.05) is 31.0 Å². The molecule has 5 heteroatoms. The maximum absolute atomic E-state index is 5.86. The SMILES string of the molecule is COc1ccc(NC(=S)N(Cc2cn(C)c3ccccc23)C2CCCC2)cc1. The van der Waals surface area contributed by atoms with Gasteiger partial charge in [-0.05, 0) is 61.0 Å². The van der Waals surface area contributed by atoms with E-state index >= 15 is 0 Å². The van der Waals surface area contributed by atoms with Crippen LogP contribution in [-0.4, -0.2) is 27.7 Å². The highest BCUT2D eigenvalue weighted by Crippen LogP contribution is 2.29. The molecule has 4 nitrogen and oxygen atoms in total. The fraction of sp³-hybridized carbons (Fsp3) is 0.348. The van der Waals surface area contributed by atoms with E-state index in [9.17, 15) is 0 Å². The van der Waals surface area contributed by atoms with Crippen LogP contribution in [0.25, 0.3) is 10.9 Å². The van der Waals surface area contributed by atoms with Gasteiger partial charge in [0.05, 0.1) is 7.11 Å². The number of fused-ring (bicyclic) bond motifs is 1. The van der Waals surface area contributed by atoms with Crippen LogP contribution in [0.3, 0.4) is 0 Å². The molecule has 0 aliphatic heterocycles. The van der Waals surface area contributed by atoms with Crippen molar-refractivity contribution in [1.29, 1.82) is 0 Å². The van der Waals surface area contributed by atoms with E-state index in [1.165, 1.54) is 42.1 Å². The minimum atomic E-state index is 0.497. The van der Waals surface area contributed by atoms with Crippen LogP contribution in [0.15, 0.2) is 54.7 Å². The van der Waals surface area contributed by atoms with Crippen molar-refractivity contribution in [2.45, 2.75) is 38.3 Å². The van der Waals surface area contributed by atoms with Crippen LogP contribution in [0.2, 0.25) is 0 Å². The molecule has 0 unspecified atom stereocenters. The molecule has 28 heavy (non-hydrogen) atoms. The number of nitrogens with one attached hydrogen (secondary N) is 1. The molecule has 0 saturated heterocycles. The van der Waals surface area contributed by atoms with Gasteiger partial charge in [0, 0.05) is 42.4 Å². The van der Waals surface area contributed by atoms with Gasteiger partial charge in [-0.3, -0.25) is 0 Å². The summed E-state index contributed by atoms with van der Waals surface area (Å²) in [6, 6.07) is 17.0. The minimum Gasteiger partial charge on any atom is -0.497 e. The van der Waals surface area contributed by atoms with Crippen LogP contribution in [-0.2, 0) is 13.6 Å². The number of thiocarbonyl (C=S) groups is 1. The molecule has 1 aliphatic carbocycles. The molecule has 0 bridgehead atoms. The average Bonchev–Trinajstić information content (AvgIpc) is 3.35. The lowest BCUT2D eigenvalue weighted by Crippen LogP contribution is -2.40. The first-order valence-electron chi connectivity index (χ1n) is 9.90. The van der Waals surface area contributed by atoms with Gasteiger partial charge in [0.1, 0.15) is 5.75 Å². The van der Waals surface area contributed by atoms with E-state index in [1.807, 2.05) is 24.3 Å². The lowest BCUT2D eigenvalue weighted by atomic mass is 10.1. The smallest absolute Gasteiger partial charge is 0.173 e. The van der Waals surface area contributed by atoms with Crippen molar-refractivity contribution in [3.63, 3.8) is 0 Å². The Morgan fingerprint density at radius 1 is 1.14 bits per heavy atom. The fourth-order valence-corrected chi connectivity index (χ4v) is 4.52. The second-order valence-corrected chi connectivity index (χ2v) is 7.89. The third kappa shape index (κ3) is 3.85. The Morgan fingerprint density at radius 3 is 2.57 bits per heavy atom. The molecule has 1 aromatic heterocycles. The maximum atomic E-state index is 5.86. The topological polar surface area (TPSA) is 29.4 Å². The van der Waals surface area contributed by atoms with E-state index in [2.05, 4.69) is 52.3 Å². The van der Waals surface area contributed by atoms with Crippen LogP contribution >= 0.6 is 12.2 Å². The van der Waals surface area contributed by atoms with Crippen molar-refractivity contribution in [2.75, 3.05) is 12.4 Å². The van der Waals surface area contributed by atoms with Crippen LogP contribution < -0.4 is 10.1 Å². The Kier molecular flexibility index (Phi) is 5.53. The number of methoxy groups -OCH3 is 1. The van der Waals surface area contributed by atoms with Gasteiger partial charge in [-0.25, -0.2) is 0 Å². The quantitative estimate of drug-likeness (QED) is 0.594. The second-order valence-electron chi connectivity index (χ2n) is 7.51. The molecule has 2 aromatic carbocycles. The zero-order valence-electron chi connectivity index (χ0n) is 16.5. The van der Waals surface area contributed by atoms with Crippen molar-refractivity contribution in [1.82, 2.24) is 9.47 Å². The third-order valence-electron chi connectivity index (χ3n) is 5.69. The summed E-state index contributed by atoms with van der Waals surface area (Å²) in [5.41, 5.74) is 3.58. The van der Waals surface area contributed by atoms with E-state index < -0.39 is 0 Å². The molecule has 146 valence electrons. The lowest BCUT2D eigenvalue weighted by Gasteiger charge is -2.31. The van der Waals surface area contributed by atoms with E-state index in [4.69, 9.17) is 17.0 Å². The van der Waals surface area contributed by atoms with Gasteiger partial charge < -0.3 is 19.5 Å². The van der Waals surface area contributed by atoms with E-state index in [0.29, 0.717) is 6.04 Å². The zero-order valence-corrected chi connectivity index (χ0v) is 17.3. The van der Waals surface area contributed by atoms with E-state index in [0.717, 1.165) is 23.1 Å². The number of anilines is 1. The Hall–Kier alpha value is -2.53. The Balaban J connectivity index is 1.58. The van der Waals surface area contributed by atoms with Gasteiger partial charge >= 0.3 is 0 Å². The first-order chi connectivity index (χ1) is 13.7. The van der Waals surface area contributed by atoms with Crippen molar-refractivity contribution in [3.05, 3.63) is 60.3 Å². The molecule has 4 rings (SSSR count). The van der Waals surface area contributed by atoms with Crippen molar-refractivity contribution >= 4 is 33.9 Å². The van der Waals surface area contributed by atoms with Gasteiger partial charge in [0.15, 0.2) is 5.11 Å². The van der Waals surface area contributed by atoms with E-state index in [-0.39, 0.29) is 0 Å². The predicted molar refractivity (Wildman–Crippen MR) is 120 cm³/mol. The molecular weight excluding hydrogens is 366 g/mol. The number of para-hydroxylation sites is 1. The lowest BCUT2D eigenvalue weighted by molar-refractivity contribution is 0.313. The Labute approximate surface area is 172 Å². The summed E-state index contributed by atoms with van der Waals surface area (Å²) < 4.78 is 7.46. The Bertz CT molecular complexity index is 958. The summed E-state index contributed by atoms with van der Waals surface area (Å²) in [5, 5.41) is 5.54. The molecule has 1 aliphatic rings. The molecule has 1 saturated carbocycles. The van der Waals surface area contributed by atoms with Crippen LogP contribution in [0, 0.1) is 0 Å². The normalized spacial score (nSPS) is 14.4. The number of hydrogen-bond donors (Lipinski definition) is 1. The average molecular weight is 394 g/mol. The van der Waals surface area contributed by atoms with Crippen LogP contribution in [0.1, 0.15) is 31.2 Å². The fourth-order valence-electron chi connectivity index (χ4n) is 4.19. The molecule has 0 spiro atoms. The number of rotatable bonds is 5. The van der Waals surface area contributed by atoms with Crippen LogP contribution in [0.4, 0.5) is 5.69 Å². The first-order valence-corrected chi connectivity index (χ1v) is 10.3. The van der Waals surface area contributed by atoms with Gasteiger partial charge in [-0.2, -0.15) is 0 Å². The van der Waals surface area contributed by atoms with Gasteiger partial charge in [0.2, 0.25) is 0 Å². The molecule has 1 N–H and O–H groups in total. The maximum Gasteiger partial charge on any atom is 0.173 e. The third-order valence-corrected chi connectivity index (χ3v) is 6.02. The highest BCUT2D eigenvalue weighted by molar-refractivity contribution is 7.80. The number of nitrogens with zero attached hydrogens (tertiary/aromatic N) is 2. The Morgan fingerprint density at radius 2 is 1.86 bits per heavy atom. The standard InChI is InChI=1S/C23H27N3OS/c1-25-15-17(21-9-5-6-10-22(21)25)16-26(19-7-3-4-8-19)23(28)24-18-11-13-20(27-2)14-12-18/h5-6,9-15,19H,3-4,7-8,16H2,1-2H3,(H,24,28). The summed E-state index contributed by atoms with van der Waals surface area (Å²) in [7, 11) is 3.79. The zero-order chi connectivity index (χ0) is 19.5. The summed E-state index contributed by atoms with van der Waals surface area (Å²) in [6.07, 6.45) is 7.21. The molecule has 1 fully saturated rings. The van der Waals surface area contributed by atoms with Crippen LogP contribution in [0.5, 0.6) is 5.75 Å². The van der Waals surface area contributed by atoms with Gasteiger partial charge in [-0.15, -0.1) is 0 Å². The molecular formula is C23H27N3OS. The monoisotopic (exact) mass is 393 g/mol. The number of aryl methyl sites for hydroxylation is 1. The minimum absolute atomic E-state index is 0.497.